The SMILES string of the molecule is CCC(CC)CN1CCC2(CC1)CN(C(=O)c1ccc(CN(Cc3ncc[nH]3)Cc3ncc[nH]3)cc1)CCO2. The third-order valence-corrected chi connectivity index (χ3v) is 8.44. The number of carbonyl (C=O) groups is 1. The molecule has 9 nitrogen and oxygen atoms in total. The molecule has 210 valence electrons. The first kappa shape index (κ1) is 27.6. The number of nitrogens with zero attached hydrogens (tertiary/aromatic N) is 5. The van der Waals surface area contributed by atoms with E-state index >= 15 is 0 Å². The van der Waals surface area contributed by atoms with E-state index in [4.69, 9.17) is 4.74 Å². The number of aromatic nitrogens is 4. The number of aromatic amines is 2. The molecule has 4 heterocycles. The first-order valence-electron chi connectivity index (χ1n) is 14.5. The second-order valence-electron chi connectivity index (χ2n) is 11.2. The van der Waals surface area contributed by atoms with Crippen LogP contribution in [0, 0.1) is 5.92 Å². The molecule has 1 spiro atoms. The Kier molecular flexibility index (Phi) is 9.11. The van der Waals surface area contributed by atoms with Crippen molar-refractivity contribution in [2.75, 3.05) is 39.3 Å². The van der Waals surface area contributed by atoms with Crippen LogP contribution in [0.3, 0.4) is 0 Å². The fourth-order valence-electron chi connectivity index (χ4n) is 5.93. The van der Waals surface area contributed by atoms with Gasteiger partial charge in [0.2, 0.25) is 0 Å². The quantitative estimate of drug-likeness (QED) is 0.386. The molecule has 2 aliphatic rings. The molecule has 5 rings (SSSR count). The van der Waals surface area contributed by atoms with Gasteiger partial charge in [-0.3, -0.25) is 9.69 Å². The lowest BCUT2D eigenvalue weighted by atomic mass is 9.88. The monoisotopic (exact) mass is 533 g/mol. The van der Waals surface area contributed by atoms with Crippen molar-refractivity contribution in [2.24, 2.45) is 5.92 Å². The summed E-state index contributed by atoms with van der Waals surface area (Å²) in [6, 6.07) is 8.07. The molecule has 2 aliphatic heterocycles. The number of rotatable bonds is 11. The van der Waals surface area contributed by atoms with Gasteiger partial charge >= 0.3 is 0 Å². The van der Waals surface area contributed by atoms with Gasteiger partial charge in [0.15, 0.2) is 0 Å². The molecule has 39 heavy (non-hydrogen) atoms. The van der Waals surface area contributed by atoms with Crippen LogP contribution in [0.25, 0.3) is 0 Å². The average Bonchev–Trinajstić information content (AvgIpc) is 3.68. The number of ether oxygens (including phenoxy) is 1. The topological polar surface area (TPSA) is 93.4 Å². The zero-order valence-electron chi connectivity index (χ0n) is 23.4. The van der Waals surface area contributed by atoms with E-state index in [0.717, 1.165) is 61.2 Å². The van der Waals surface area contributed by atoms with E-state index in [1.54, 1.807) is 12.4 Å². The lowest BCUT2D eigenvalue weighted by Crippen LogP contribution is -2.58. The van der Waals surface area contributed by atoms with Crippen LogP contribution >= 0.6 is 0 Å². The molecule has 0 saturated carbocycles. The van der Waals surface area contributed by atoms with E-state index in [2.05, 4.69) is 55.7 Å². The summed E-state index contributed by atoms with van der Waals surface area (Å²) in [5.41, 5.74) is 1.69. The number of benzene rings is 1. The van der Waals surface area contributed by atoms with Crippen LogP contribution in [0.15, 0.2) is 49.1 Å². The summed E-state index contributed by atoms with van der Waals surface area (Å²) in [5, 5.41) is 0. The summed E-state index contributed by atoms with van der Waals surface area (Å²) in [7, 11) is 0. The van der Waals surface area contributed by atoms with Crippen LogP contribution in [0.4, 0.5) is 0 Å². The van der Waals surface area contributed by atoms with E-state index in [1.165, 1.54) is 19.4 Å². The summed E-state index contributed by atoms with van der Waals surface area (Å²) >= 11 is 0. The van der Waals surface area contributed by atoms with Crippen LogP contribution in [-0.2, 0) is 24.4 Å². The van der Waals surface area contributed by atoms with Gasteiger partial charge in [-0.2, -0.15) is 0 Å². The molecule has 9 heteroatoms. The Morgan fingerprint density at radius 1 is 0.974 bits per heavy atom. The van der Waals surface area contributed by atoms with E-state index in [1.807, 2.05) is 29.4 Å². The second kappa shape index (κ2) is 12.9. The average molecular weight is 534 g/mol. The Morgan fingerprint density at radius 3 is 2.18 bits per heavy atom. The number of carbonyl (C=O) groups excluding carboxylic acids is 1. The van der Waals surface area contributed by atoms with Crippen molar-refractivity contribution in [3.05, 3.63) is 71.8 Å². The van der Waals surface area contributed by atoms with E-state index < -0.39 is 0 Å². The van der Waals surface area contributed by atoms with Gasteiger partial charge in [0, 0.05) is 63.1 Å². The van der Waals surface area contributed by atoms with E-state index in [9.17, 15) is 4.79 Å². The zero-order chi connectivity index (χ0) is 27.1. The number of imidazole rings is 2. The molecule has 1 aromatic carbocycles. The number of nitrogens with one attached hydrogen (secondary N) is 2. The number of piperidine rings is 1. The molecule has 1 amide bonds. The molecular weight excluding hydrogens is 490 g/mol. The molecular formula is C30H43N7O2. The Hall–Kier alpha value is -3.01. The minimum Gasteiger partial charge on any atom is -0.371 e. The largest absolute Gasteiger partial charge is 0.371 e. The normalized spacial score (nSPS) is 17.9. The molecule has 3 aromatic rings. The number of H-pyrrole nitrogens is 2. The Balaban J connectivity index is 1.18. The minimum atomic E-state index is -0.198. The highest BCUT2D eigenvalue weighted by molar-refractivity contribution is 5.94. The van der Waals surface area contributed by atoms with Crippen molar-refractivity contribution in [3.8, 4) is 0 Å². The lowest BCUT2D eigenvalue weighted by molar-refractivity contribution is -0.128. The standard InChI is InChI=1S/C30H43N7O2/c1-3-24(4-2)19-35-15-9-30(10-16-35)23-37(17-18-39-30)29(38)26-7-5-25(6-8-26)20-36(21-27-31-11-12-32-27)22-28-33-13-14-34-28/h5-8,11-14,24H,3-4,9-10,15-23H2,1-2H3,(H,31,32)(H,33,34). The molecule has 2 aromatic heterocycles. The number of likely N-dealkylation sites (tertiary alicyclic amines) is 1. The van der Waals surface area contributed by atoms with Gasteiger partial charge in [0.1, 0.15) is 11.6 Å². The summed E-state index contributed by atoms with van der Waals surface area (Å²) in [4.78, 5) is 35.5. The number of hydrogen-bond donors (Lipinski definition) is 2. The Morgan fingerprint density at radius 2 is 1.62 bits per heavy atom. The maximum atomic E-state index is 13.5. The van der Waals surface area contributed by atoms with Crippen molar-refractivity contribution in [1.29, 1.82) is 0 Å². The molecule has 0 aliphatic carbocycles. The fourth-order valence-corrected chi connectivity index (χ4v) is 5.93. The molecule has 0 unspecified atom stereocenters. The summed E-state index contributed by atoms with van der Waals surface area (Å²) in [5.74, 6) is 2.70. The Labute approximate surface area is 232 Å². The van der Waals surface area contributed by atoms with Crippen LogP contribution < -0.4 is 0 Å². The van der Waals surface area contributed by atoms with Crippen LogP contribution in [0.5, 0.6) is 0 Å². The van der Waals surface area contributed by atoms with Gasteiger partial charge in [-0.25, -0.2) is 9.97 Å². The number of morpholine rings is 1. The number of amides is 1. The van der Waals surface area contributed by atoms with Gasteiger partial charge in [0.25, 0.3) is 5.91 Å². The molecule has 2 saturated heterocycles. The maximum Gasteiger partial charge on any atom is 0.254 e. The third-order valence-electron chi connectivity index (χ3n) is 8.44. The van der Waals surface area contributed by atoms with Gasteiger partial charge in [-0.1, -0.05) is 38.8 Å². The first-order chi connectivity index (χ1) is 19.1. The smallest absolute Gasteiger partial charge is 0.254 e. The van der Waals surface area contributed by atoms with Crippen molar-refractivity contribution >= 4 is 5.91 Å². The highest BCUT2D eigenvalue weighted by atomic mass is 16.5. The van der Waals surface area contributed by atoms with Crippen LogP contribution in [-0.4, -0.2) is 85.5 Å². The molecule has 0 radical (unpaired) electrons. The zero-order valence-corrected chi connectivity index (χ0v) is 23.4. The minimum absolute atomic E-state index is 0.103. The summed E-state index contributed by atoms with van der Waals surface area (Å²) < 4.78 is 6.34. The highest BCUT2D eigenvalue weighted by Gasteiger charge is 2.41. The second-order valence-corrected chi connectivity index (χ2v) is 11.2. The molecule has 0 atom stereocenters. The van der Waals surface area contributed by atoms with E-state index in [0.29, 0.717) is 32.8 Å². The summed E-state index contributed by atoms with van der Waals surface area (Å²) in [6.45, 7) is 11.9. The van der Waals surface area contributed by atoms with Crippen LogP contribution in [0.1, 0.15) is 67.1 Å². The van der Waals surface area contributed by atoms with Crippen LogP contribution in [0.2, 0.25) is 0 Å². The van der Waals surface area contributed by atoms with Crippen molar-refractivity contribution < 1.29 is 9.53 Å². The predicted octanol–water partition coefficient (Wildman–Crippen LogP) is 4.08. The lowest BCUT2D eigenvalue weighted by Gasteiger charge is -2.47. The van der Waals surface area contributed by atoms with Crippen molar-refractivity contribution in [3.63, 3.8) is 0 Å². The predicted molar refractivity (Wildman–Crippen MR) is 151 cm³/mol. The summed E-state index contributed by atoms with van der Waals surface area (Å²) in [6.07, 6.45) is 11.7. The molecule has 0 bridgehead atoms. The molecule has 2 fully saturated rings. The highest BCUT2D eigenvalue weighted by Crippen LogP contribution is 2.31. The van der Waals surface area contributed by atoms with Crippen molar-refractivity contribution in [1.82, 2.24) is 34.6 Å². The molecule has 2 N–H and O–H groups in total. The van der Waals surface area contributed by atoms with Crippen molar-refractivity contribution in [2.45, 2.75) is 64.8 Å². The maximum absolute atomic E-state index is 13.5. The van der Waals surface area contributed by atoms with Gasteiger partial charge in [-0.15, -0.1) is 0 Å². The first-order valence-corrected chi connectivity index (χ1v) is 14.5. The number of hydrogen-bond acceptors (Lipinski definition) is 6. The Bertz CT molecular complexity index is 1100. The van der Waals surface area contributed by atoms with Gasteiger partial charge in [-0.05, 0) is 36.5 Å². The fraction of sp³-hybridized carbons (Fsp3) is 0.567. The van der Waals surface area contributed by atoms with Gasteiger partial charge in [0.05, 0.1) is 31.8 Å². The third kappa shape index (κ3) is 7.15. The van der Waals surface area contributed by atoms with Gasteiger partial charge < -0.3 is 24.5 Å². The van der Waals surface area contributed by atoms with E-state index in [-0.39, 0.29) is 11.5 Å².